The van der Waals surface area contributed by atoms with E-state index in [0.717, 1.165) is 24.7 Å². The quantitative estimate of drug-likeness (QED) is 0.233. The van der Waals surface area contributed by atoms with Gasteiger partial charge in [-0.3, -0.25) is 0 Å². The Kier molecular flexibility index (Phi) is 13.1. The Morgan fingerprint density at radius 2 is 1.75 bits per heavy atom. The molecule has 1 N–H and O–H groups in total. The number of hydrogen-bond acceptors (Lipinski definition) is 1. The Labute approximate surface area is 177 Å². The predicted octanol–water partition coefficient (Wildman–Crippen LogP) is 8.48. The summed E-state index contributed by atoms with van der Waals surface area (Å²) in [6.07, 6.45) is 20.1. The summed E-state index contributed by atoms with van der Waals surface area (Å²) in [6, 6.07) is 0. The van der Waals surface area contributed by atoms with Gasteiger partial charge < -0.3 is 5.11 Å². The maximum absolute atomic E-state index is 10.5. The van der Waals surface area contributed by atoms with Crippen LogP contribution in [0.2, 0.25) is 0 Å². The summed E-state index contributed by atoms with van der Waals surface area (Å²) in [4.78, 5) is 0. The highest BCUT2D eigenvalue weighted by Crippen LogP contribution is 2.32. The molecular formula is C27H50O. The van der Waals surface area contributed by atoms with Crippen molar-refractivity contribution in [1.82, 2.24) is 0 Å². The summed E-state index contributed by atoms with van der Waals surface area (Å²) in [5.74, 6) is 2.65. The summed E-state index contributed by atoms with van der Waals surface area (Å²) in [7, 11) is 0. The first-order valence-electron chi connectivity index (χ1n) is 12.4. The van der Waals surface area contributed by atoms with E-state index in [4.69, 9.17) is 0 Å². The summed E-state index contributed by atoms with van der Waals surface area (Å²) in [5.41, 5.74) is 2.91. The molecule has 5 atom stereocenters. The van der Waals surface area contributed by atoms with Crippen molar-refractivity contribution in [2.45, 2.75) is 125 Å². The molecule has 164 valence electrons. The second-order valence-electron chi connectivity index (χ2n) is 10.1. The fourth-order valence-corrected chi connectivity index (χ4v) is 4.46. The average Bonchev–Trinajstić information content (AvgIpc) is 2.66. The van der Waals surface area contributed by atoms with Gasteiger partial charge in [0.05, 0.1) is 6.10 Å². The highest BCUT2D eigenvalue weighted by molar-refractivity contribution is 5.14. The first kappa shape index (κ1) is 25.5. The van der Waals surface area contributed by atoms with Gasteiger partial charge in [-0.2, -0.15) is 0 Å². The third-order valence-corrected chi connectivity index (χ3v) is 7.17. The number of allylic oxidation sites excluding steroid dienone is 3. The zero-order valence-corrected chi connectivity index (χ0v) is 20.0. The normalized spacial score (nSPS) is 25.5. The maximum atomic E-state index is 10.5. The lowest BCUT2D eigenvalue weighted by Gasteiger charge is -2.31. The van der Waals surface area contributed by atoms with E-state index >= 15 is 0 Å². The number of unbranched alkanes of at least 4 members (excludes halogenated alkanes) is 2. The van der Waals surface area contributed by atoms with E-state index in [9.17, 15) is 5.11 Å². The molecule has 0 radical (unpaired) electrons. The standard InChI is InChI=1S/C27H50O/c1-7-8-9-12-21(2)13-10-14-22(3)15-11-16-23(4)17-19-26-20-18-24(5)25(6)27(26)28/h13,20,22-25,27-28H,7-12,14-19H2,1-6H3/b21-13+. The van der Waals surface area contributed by atoms with Crippen LogP contribution in [-0.2, 0) is 0 Å². The molecule has 0 bridgehead atoms. The topological polar surface area (TPSA) is 20.2 Å². The molecule has 1 nitrogen and oxygen atoms in total. The van der Waals surface area contributed by atoms with Crippen LogP contribution in [0.3, 0.4) is 0 Å². The predicted molar refractivity (Wildman–Crippen MR) is 126 cm³/mol. The van der Waals surface area contributed by atoms with Crippen LogP contribution in [0.25, 0.3) is 0 Å². The fourth-order valence-electron chi connectivity index (χ4n) is 4.46. The van der Waals surface area contributed by atoms with E-state index in [0.29, 0.717) is 11.8 Å². The maximum Gasteiger partial charge on any atom is 0.0778 e. The smallest absolute Gasteiger partial charge is 0.0778 e. The van der Waals surface area contributed by atoms with Crippen LogP contribution in [0.15, 0.2) is 23.3 Å². The highest BCUT2D eigenvalue weighted by Gasteiger charge is 2.27. The minimum Gasteiger partial charge on any atom is -0.388 e. The average molecular weight is 391 g/mol. The number of aliphatic hydroxyl groups is 1. The van der Waals surface area contributed by atoms with Gasteiger partial charge in [-0.15, -0.1) is 0 Å². The Hall–Kier alpha value is -0.560. The van der Waals surface area contributed by atoms with Crippen molar-refractivity contribution in [2.75, 3.05) is 0 Å². The van der Waals surface area contributed by atoms with Gasteiger partial charge in [0, 0.05) is 0 Å². The molecule has 1 rings (SSSR count). The Morgan fingerprint density at radius 1 is 1.07 bits per heavy atom. The van der Waals surface area contributed by atoms with Gasteiger partial charge in [0.25, 0.3) is 0 Å². The van der Waals surface area contributed by atoms with E-state index in [1.807, 2.05) is 0 Å². The van der Waals surface area contributed by atoms with Crippen molar-refractivity contribution < 1.29 is 5.11 Å². The van der Waals surface area contributed by atoms with Gasteiger partial charge in [0.15, 0.2) is 0 Å². The molecule has 5 unspecified atom stereocenters. The number of aliphatic hydroxyl groups excluding tert-OH is 1. The van der Waals surface area contributed by atoms with E-state index in [1.54, 1.807) is 5.57 Å². The molecule has 1 aliphatic carbocycles. The zero-order valence-electron chi connectivity index (χ0n) is 20.0. The molecular weight excluding hydrogens is 340 g/mol. The van der Waals surface area contributed by atoms with E-state index < -0.39 is 0 Å². The molecule has 0 aromatic heterocycles. The summed E-state index contributed by atoms with van der Waals surface area (Å²) >= 11 is 0. The molecule has 0 aromatic carbocycles. The van der Waals surface area contributed by atoms with Gasteiger partial charge in [-0.05, 0) is 81.1 Å². The molecule has 1 aliphatic rings. The Morgan fingerprint density at radius 3 is 2.43 bits per heavy atom. The van der Waals surface area contributed by atoms with Crippen LogP contribution in [0.1, 0.15) is 119 Å². The van der Waals surface area contributed by atoms with Crippen molar-refractivity contribution in [3.05, 3.63) is 23.3 Å². The lowest BCUT2D eigenvalue weighted by Crippen LogP contribution is -2.29. The largest absolute Gasteiger partial charge is 0.388 e. The Bertz CT molecular complexity index is 461. The Balaban J connectivity index is 2.13. The molecule has 0 amide bonds. The van der Waals surface area contributed by atoms with Crippen LogP contribution >= 0.6 is 0 Å². The van der Waals surface area contributed by atoms with Crippen LogP contribution in [0.5, 0.6) is 0 Å². The third kappa shape index (κ3) is 10.3. The highest BCUT2D eigenvalue weighted by atomic mass is 16.3. The lowest BCUT2D eigenvalue weighted by atomic mass is 9.78. The summed E-state index contributed by atoms with van der Waals surface area (Å²) in [5, 5.41) is 10.5. The monoisotopic (exact) mass is 390 g/mol. The lowest BCUT2D eigenvalue weighted by molar-refractivity contribution is 0.105. The molecule has 0 spiro atoms. The summed E-state index contributed by atoms with van der Waals surface area (Å²) in [6.45, 7) is 13.9. The fraction of sp³-hybridized carbons (Fsp3) is 0.852. The first-order valence-corrected chi connectivity index (χ1v) is 12.4. The van der Waals surface area contributed by atoms with E-state index in [1.165, 1.54) is 69.8 Å². The van der Waals surface area contributed by atoms with Crippen molar-refractivity contribution >= 4 is 0 Å². The SMILES string of the molecule is CCCCC/C(C)=C/CCC(C)CCCC(C)CCC1=CCC(C)C(C)C1O. The van der Waals surface area contributed by atoms with E-state index in [2.05, 4.69) is 53.7 Å². The van der Waals surface area contributed by atoms with Gasteiger partial charge >= 0.3 is 0 Å². The minimum atomic E-state index is -0.200. The zero-order chi connectivity index (χ0) is 20.9. The molecule has 0 fully saturated rings. The number of rotatable bonds is 14. The summed E-state index contributed by atoms with van der Waals surface area (Å²) < 4.78 is 0. The second-order valence-corrected chi connectivity index (χ2v) is 10.1. The van der Waals surface area contributed by atoms with Gasteiger partial charge in [-0.25, -0.2) is 0 Å². The molecule has 1 heteroatoms. The molecule has 0 aromatic rings. The molecule has 0 aliphatic heterocycles. The van der Waals surface area contributed by atoms with Gasteiger partial charge in [0.2, 0.25) is 0 Å². The molecule has 28 heavy (non-hydrogen) atoms. The third-order valence-electron chi connectivity index (χ3n) is 7.17. The van der Waals surface area contributed by atoms with Gasteiger partial charge in [-0.1, -0.05) is 84.4 Å². The van der Waals surface area contributed by atoms with Crippen molar-refractivity contribution in [2.24, 2.45) is 23.7 Å². The van der Waals surface area contributed by atoms with Crippen LogP contribution in [0.4, 0.5) is 0 Å². The molecule has 0 saturated carbocycles. The number of hydrogen-bond donors (Lipinski definition) is 1. The van der Waals surface area contributed by atoms with E-state index in [-0.39, 0.29) is 6.10 Å². The first-order chi connectivity index (χ1) is 13.3. The van der Waals surface area contributed by atoms with Crippen LogP contribution in [-0.4, -0.2) is 11.2 Å². The van der Waals surface area contributed by atoms with Gasteiger partial charge in [0.1, 0.15) is 0 Å². The van der Waals surface area contributed by atoms with Crippen molar-refractivity contribution in [3.8, 4) is 0 Å². The van der Waals surface area contributed by atoms with Crippen molar-refractivity contribution in [3.63, 3.8) is 0 Å². The second kappa shape index (κ2) is 14.4. The van der Waals surface area contributed by atoms with Crippen LogP contribution < -0.4 is 0 Å². The molecule has 0 saturated heterocycles. The van der Waals surface area contributed by atoms with Crippen LogP contribution in [0, 0.1) is 23.7 Å². The molecule has 0 heterocycles. The van der Waals surface area contributed by atoms with Crippen molar-refractivity contribution in [1.29, 1.82) is 0 Å². The minimum absolute atomic E-state index is 0.200.